The molecular weight excluding hydrogens is 194 g/mol. The van der Waals surface area contributed by atoms with E-state index >= 15 is 0 Å². The quantitative estimate of drug-likeness (QED) is 0.728. The maximum absolute atomic E-state index is 9.73. The molecule has 1 saturated heterocycles. The van der Waals surface area contributed by atoms with E-state index in [9.17, 15) is 5.11 Å². The fourth-order valence-corrected chi connectivity index (χ4v) is 1.71. The summed E-state index contributed by atoms with van der Waals surface area (Å²) in [6.45, 7) is 9.68. The van der Waals surface area contributed by atoms with Gasteiger partial charge in [0.05, 0.1) is 31.5 Å². The first-order chi connectivity index (χ1) is 7.08. The summed E-state index contributed by atoms with van der Waals surface area (Å²) in [5.41, 5.74) is 0. The van der Waals surface area contributed by atoms with Gasteiger partial charge in [0, 0.05) is 19.6 Å². The molecule has 4 nitrogen and oxygen atoms in total. The number of morpholine rings is 1. The Labute approximate surface area is 92.2 Å². The Bertz CT molecular complexity index is 175. The van der Waals surface area contributed by atoms with E-state index in [1.54, 1.807) is 0 Å². The van der Waals surface area contributed by atoms with Crippen LogP contribution in [-0.2, 0) is 9.47 Å². The van der Waals surface area contributed by atoms with E-state index in [1.807, 2.05) is 13.8 Å². The monoisotopic (exact) mass is 217 g/mol. The van der Waals surface area contributed by atoms with Crippen molar-refractivity contribution in [3.63, 3.8) is 0 Å². The summed E-state index contributed by atoms with van der Waals surface area (Å²) in [6.07, 6.45) is 0.0675. The van der Waals surface area contributed by atoms with Crippen LogP contribution in [0.5, 0.6) is 0 Å². The highest BCUT2D eigenvalue weighted by molar-refractivity contribution is 4.71. The molecule has 15 heavy (non-hydrogen) atoms. The second kappa shape index (κ2) is 6.43. The maximum Gasteiger partial charge on any atom is 0.0900 e. The fourth-order valence-electron chi connectivity index (χ4n) is 1.71. The van der Waals surface area contributed by atoms with E-state index in [0.717, 1.165) is 19.7 Å². The molecule has 4 heteroatoms. The zero-order valence-electron chi connectivity index (χ0n) is 9.98. The van der Waals surface area contributed by atoms with Crippen molar-refractivity contribution >= 4 is 0 Å². The van der Waals surface area contributed by atoms with Crippen molar-refractivity contribution in [2.24, 2.45) is 0 Å². The molecule has 0 aromatic heterocycles. The van der Waals surface area contributed by atoms with Gasteiger partial charge in [-0.1, -0.05) is 0 Å². The zero-order valence-corrected chi connectivity index (χ0v) is 9.98. The molecule has 0 radical (unpaired) electrons. The van der Waals surface area contributed by atoms with Gasteiger partial charge in [0.15, 0.2) is 0 Å². The lowest BCUT2D eigenvalue weighted by molar-refractivity contribution is -0.0502. The summed E-state index contributed by atoms with van der Waals surface area (Å²) >= 11 is 0. The normalized spacial score (nSPS) is 25.8. The number of β-amino-alcohol motifs (C(OH)–C–C–N with tert-alkyl or cyclic N) is 1. The Kier molecular flexibility index (Phi) is 5.53. The van der Waals surface area contributed by atoms with E-state index in [2.05, 4.69) is 11.8 Å². The minimum absolute atomic E-state index is 0.184. The number of ether oxygens (including phenoxy) is 2. The van der Waals surface area contributed by atoms with E-state index in [1.165, 1.54) is 0 Å². The van der Waals surface area contributed by atoms with Gasteiger partial charge in [-0.25, -0.2) is 0 Å². The van der Waals surface area contributed by atoms with E-state index in [-0.39, 0.29) is 12.2 Å². The second-order valence-electron chi connectivity index (χ2n) is 4.48. The lowest BCUT2D eigenvalue weighted by Crippen LogP contribution is -2.45. The van der Waals surface area contributed by atoms with E-state index in [4.69, 9.17) is 9.47 Å². The van der Waals surface area contributed by atoms with Gasteiger partial charge in [0.25, 0.3) is 0 Å². The molecule has 2 unspecified atom stereocenters. The summed E-state index contributed by atoms with van der Waals surface area (Å²) in [7, 11) is 0. The number of hydrogen-bond donors (Lipinski definition) is 1. The average molecular weight is 217 g/mol. The molecule has 0 bridgehead atoms. The van der Waals surface area contributed by atoms with Crippen molar-refractivity contribution in [3.05, 3.63) is 0 Å². The van der Waals surface area contributed by atoms with Gasteiger partial charge in [-0.2, -0.15) is 0 Å². The average Bonchev–Trinajstić information content (AvgIpc) is 2.15. The van der Waals surface area contributed by atoms with Crippen LogP contribution in [0.15, 0.2) is 0 Å². The van der Waals surface area contributed by atoms with Crippen molar-refractivity contribution in [2.45, 2.75) is 39.1 Å². The molecule has 90 valence electrons. The molecular formula is C11H23NO3. The van der Waals surface area contributed by atoms with Crippen molar-refractivity contribution in [3.8, 4) is 0 Å². The molecule has 1 N–H and O–H groups in total. The Morgan fingerprint density at radius 1 is 1.53 bits per heavy atom. The molecule has 1 fully saturated rings. The summed E-state index contributed by atoms with van der Waals surface area (Å²) < 4.78 is 10.8. The van der Waals surface area contributed by atoms with Crippen LogP contribution in [0.3, 0.4) is 0 Å². The molecule has 0 amide bonds. The predicted octanol–water partition coefficient (Wildman–Crippen LogP) is 0.493. The number of aliphatic hydroxyl groups excluding tert-OH is 1. The van der Waals surface area contributed by atoms with Crippen molar-refractivity contribution in [1.82, 2.24) is 4.90 Å². The van der Waals surface area contributed by atoms with Crippen molar-refractivity contribution < 1.29 is 14.6 Å². The van der Waals surface area contributed by atoms with Gasteiger partial charge >= 0.3 is 0 Å². The summed E-state index contributed by atoms with van der Waals surface area (Å²) in [5.74, 6) is 0. The Morgan fingerprint density at radius 2 is 2.27 bits per heavy atom. The van der Waals surface area contributed by atoms with E-state index in [0.29, 0.717) is 13.2 Å². The van der Waals surface area contributed by atoms with Gasteiger partial charge in [-0.3, -0.25) is 4.90 Å². The highest BCUT2D eigenvalue weighted by Gasteiger charge is 2.19. The van der Waals surface area contributed by atoms with Crippen molar-refractivity contribution in [2.75, 3.05) is 32.8 Å². The van der Waals surface area contributed by atoms with Gasteiger partial charge in [0.2, 0.25) is 0 Å². The second-order valence-corrected chi connectivity index (χ2v) is 4.48. The molecule has 1 heterocycles. The predicted molar refractivity (Wildman–Crippen MR) is 58.9 cm³/mol. The Morgan fingerprint density at radius 3 is 2.87 bits per heavy atom. The van der Waals surface area contributed by atoms with Crippen LogP contribution in [0.2, 0.25) is 0 Å². The van der Waals surface area contributed by atoms with Gasteiger partial charge in [-0.05, 0) is 20.8 Å². The molecule has 0 spiro atoms. The molecule has 0 saturated carbocycles. The smallest absolute Gasteiger partial charge is 0.0900 e. The van der Waals surface area contributed by atoms with E-state index < -0.39 is 6.10 Å². The minimum atomic E-state index is -0.391. The number of hydrogen-bond acceptors (Lipinski definition) is 4. The first-order valence-electron chi connectivity index (χ1n) is 5.71. The highest BCUT2D eigenvalue weighted by Crippen LogP contribution is 2.05. The van der Waals surface area contributed by atoms with Crippen LogP contribution in [0.4, 0.5) is 0 Å². The molecule has 1 aliphatic heterocycles. The van der Waals surface area contributed by atoms with Gasteiger partial charge in [0.1, 0.15) is 0 Å². The number of nitrogens with zero attached hydrogens (tertiary/aromatic N) is 1. The molecule has 1 aliphatic rings. The van der Waals surface area contributed by atoms with Crippen molar-refractivity contribution in [1.29, 1.82) is 0 Å². The third kappa shape index (κ3) is 5.47. The lowest BCUT2D eigenvalue weighted by atomic mass is 10.2. The van der Waals surface area contributed by atoms with Crippen LogP contribution in [0.25, 0.3) is 0 Å². The first-order valence-corrected chi connectivity index (χ1v) is 5.71. The van der Waals surface area contributed by atoms with Crippen LogP contribution >= 0.6 is 0 Å². The molecule has 1 rings (SSSR count). The van der Waals surface area contributed by atoms with Gasteiger partial charge < -0.3 is 14.6 Å². The third-order valence-corrected chi connectivity index (χ3v) is 2.42. The highest BCUT2D eigenvalue weighted by atomic mass is 16.5. The topological polar surface area (TPSA) is 41.9 Å². The number of aliphatic hydroxyl groups is 1. The standard InChI is InChI=1S/C11H23NO3/c1-9(2)15-8-11(13)7-12-4-5-14-10(3)6-12/h9-11,13H,4-8H2,1-3H3. The Balaban J connectivity index is 2.16. The first kappa shape index (κ1) is 12.9. The zero-order chi connectivity index (χ0) is 11.3. The minimum Gasteiger partial charge on any atom is -0.389 e. The molecule has 2 atom stereocenters. The van der Waals surface area contributed by atoms with Crippen LogP contribution in [-0.4, -0.2) is 61.2 Å². The Hall–Kier alpha value is -0.160. The molecule has 0 aliphatic carbocycles. The van der Waals surface area contributed by atoms with Crippen LogP contribution in [0.1, 0.15) is 20.8 Å². The summed E-state index contributed by atoms with van der Waals surface area (Å²) in [5, 5.41) is 9.73. The summed E-state index contributed by atoms with van der Waals surface area (Å²) in [4.78, 5) is 2.22. The SMILES string of the molecule is CC(C)OCC(O)CN1CCOC(C)C1. The maximum atomic E-state index is 9.73. The third-order valence-electron chi connectivity index (χ3n) is 2.42. The van der Waals surface area contributed by atoms with Gasteiger partial charge in [-0.15, -0.1) is 0 Å². The van der Waals surface area contributed by atoms with Crippen LogP contribution in [0, 0.1) is 0 Å². The molecule has 0 aromatic carbocycles. The van der Waals surface area contributed by atoms with Crippen LogP contribution < -0.4 is 0 Å². The molecule has 0 aromatic rings. The largest absolute Gasteiger partial charge is 0.389 e. The summed E-state index contributed by atoms with van der Waals surface area (Å²) in [6, 6.07) is 0. The number of rotatable bonds is 5. The lowest BCUT2D eigenvalue weighted by Gasteiger charge is -2.32. The fraction of sp³-hybridized carbons (Fsp3) is 1.00.